The minimum absolute atomic E-state index is 0.236. The molecule has 2 aromatic rings. The summed E-state index contributed by atoms with van der Waals surface area (Å²) in [6, 6.07) is 13.7. The van der Waals surface area contributed by atoms with Crippen molar-refractivity contribution in [3.05, 3.63) is 87.5 Å². The molecule has 0 unspecified atom stereocenters. The van der Waals surface area contributed by atoms with Crippen LogP contribution >= 0.6 is 0 Å². The number of carbonyl (C=O) groups excluding carboxylic acids is 2. The van der Waals surface area contributed by atoms with E-state index in [0.717, 1.165) is 6.08 Å². The van der Waals surface area contributed by atoms with Crippen LogP contribution in [-0.4, -0.2) is 16.6 Å². The van der Waals surface area contributed by atoms with Crippen LogP contribution < -0.4 is 5.73 Å². The zero-order valence-electron chi connectivity index (χ0n) is 11.4. The zero-order valence-corrected chi connectivity index (χ0v) is 11.4. The molecule has 0 heterocycles. The van der Waals surface area contributed by atoms with Crippen LogP contribution in [0.25, 0.3) is 5.70 Å². The van der Waals surface area contributed by atoms with Gasteiger partial charge in [-0.25, -0.2) is 0 Å². The Balaban J connectivity index is 2.34. The number of carbonyl (C=O) groups is 2. The highest BCUT2D eigenvalue weighted by atomic mass is 16.6. The first-order chi connectivity index (χ1) is 10.5. The molecule has 0 bridgehead atoms. The van der Waals surface area contributed by atoms with Crippen molar-refractivity contribution >= 4 is 17.4 Å². The van der Waals surface area contributed by atoms with Crippen LogP contribution in [0.2, 0.25) is 0 Å². The molecule has 0 saturated heterocycles. The van der Waals surface area contributed by atoms with Crippen molar-refractivity contribution in [2.45, 2.75) is 0 Å². The maximum Gasteiger partial charge on any atom is 0.280 e. The standard InChI is InChI=1S/C16H12N2O4/c17-16(20)13-8-6-12(7-9-13)15(19)10-14(18(21)22)11-4-2-1-3-5-11/h1-10H,(H2,17,20). The van der Waals surface area contributed by atoms with E-state index >= 15 is 0 Å². The first kappa shape index (κ1) is 15.1. The normalized spacial score (nSPS) is 11.0. The van der Waals surface area contributed by atoms with E-state index in [9.17, 15) is 19.7 Å². The van der Waals surface area contributed by atoms with E-state index in [1.807, 2.05) is 0 Å². The fourth-order valence-electron chi connectivity index (χ4n) is 1.86. The van der Waals surface area contributed by atoms with Gasteiger partial charge >= 0.3 is 0 Å². The quantitative estimate of drug-likeness (QED) is 0.395. The lowest BCUT2D eigenvalue weighted by molar-refractivity contribution is -0.375. The van der Waals surface area contributed by atoms with Gasteiger partial charge in [0.05, 0.1) is 16.6 Å². The lowest BCUT2D eigenvalue weighted by atomic mass is 10.1. The van der Waals surface area contributed by atoms with Gasteiger partial charge < -0.3 is 5.73 Å². The number of amides is 1. The summed E-state index contributed by atoms with van der Waals surface area (Å²) in [4.78, 5) is 33.6. The van der Waals surface area contributed by atoms with Crippen LogP contribution in [0.1, 0.15) is 26.3 Å². The summed E-state index contributed by atoms with van der Waals surface area (Å²) in [5.74, 6) is -1.13. The number of nitrogens with two attached hydrogens (primary N) is 1. The summed E-state index contributed by atoms with van der Waals surface area (Å²) in [6.07, 6.45) is 0.967. The Morgan fingerprint density at radius 1 is 0.909 bits per heavy atom. The van der Waals surface area contributed by atoms with Crippen molar-refractivity contribution < 1.29 is 14.5 Å². The maximum absolute atomic E-state index is 12.1. The summed E-state index contributed by atoms with van der Waals surface area (Å²) in [5.41, 5.74) is 5.66. The summed E-state index contributed by atoms with van der Waals surface area (Å²) < 4.78 is 0. The third kappa shape index (κ3) is 3.43. The Labute approximate surface area is 126 Å². The molecule has 0 aliphatic rings. The number of ketones is 1. The Hall–Kier alpha value is -3.28. The van der Waals surface area contributed by atoms with Crippen molar-refractivity contribution in [1.29, 1.82) is 0 Å². The summed E-state index contributed by atoms with van der Waals surface area (Å²) in [5, 5.41) is 11.1. The van der Waals surface area contributed by atoms with Crippen molar-refractivity contribution in [1.82, 2.24) is 0 Å². The molecule has 22 heavy (non-hydrogen) atoms. The highest BCUT2D eigenvalue weighted by Gasteiger charge is 2.17. The molecule has 2 N–H and O–H groups in total. The predicted octanol–water partition coefficient (Wildman–Crippen LogP) is 2.29. The maximum atomic E-state index is 12.1. The number of nitro groups is 1. The average Bonchev–Trinajstić information content (AvgIpc) is 2.53. The molecule has 2 rings (SSSR count). The van der Waals surface area contributed by atoms with E-state index in [0.29, 0.717) is 5.56 Å². The molecular formula is C16H12N2O4. The van der Waals surface area contributed by atoms with Gasteiger partial charge in [0.25, 0.3) is 5.70 Å². The molecule has 6 nitrogen and oxygen atoms in total. The fourth-order valence-corrected chi connectivity index (χ4v) is 1.86. The first-order valence-electron chi connectivity index (χ1n) is 6.35. The van der Waals surface area contributed by atoms with Crippen molar-refractivity contribution in [2.75, 3.05) is 0 Å². The lowest BCUT2D eigenvalue weighted by Crippen LogP contribution is -2.11. The van der Waals surface area contributed by atoms with E-state index in [4.69, 9.17) is 5.73 Å². The van der Waals surface area contributed by atoms with E-state index in [2.05, 4.69) is 0 Å². The van der Waals surface area contributed by atoms with E-state index < -0.39 is 16.6 Å². The number of rotatable bonds is 5. The van der Waals surface area contributed by atoms with E-state index in [-0.39, 0.29) is 16.8 Å². The van der Waals surface area contributed by atoms with Crippen molar-refractivity contribution in [3.8, 4) is 0 Å². The van der Waals surface area contributed by atoms with Gasteiger partial charge in [-0.1, -0.05) is 30.3 Å². The average molecular weight is 296 g/mol. The second-order valence-electron chi connectivity index (χ2n) is 4.46. The van der Waals surface area contributed by atoms with Gasteiger partial charge in [0.2, 0.25) is 5.91 Å². The highest BCUT2D eigenvalue weighted by Crippen LogP contribution is 2.16. The monoisotopic (exact) mass is 296 g/mol. The smallest absolute Gasteiger partial charge is 0.280 e. The van der Waals surface area contributed by atoms with Gasteiger partial charge in [-0.15, -0.1) is 0 Å². The predicted molar refractivity (Wildman–Crippen MR) is 80.7 cm³/mol. The van der Waals surface area contributed by atoms with Crippen LogP contribution in [0.4, 0.5) is 0 Å². The topological polar surface area (TPSA) is 103 Å². The second kappa shape index (κ2) is 6.45. The Morgan fingerprint density at radius 2 is 1.45 bits per heavy atom. The lowest BCUT2D eigenvalue weighted by Gasteiger charge is -2.00. The van der Waals surface area contributed by atoms with Gasteiger partial charge in [-0.3, -0.25) is 19.7 Å². The van der Waals surface area contributed by atoms with Gasteiger partial charge in [0.1, 0.15) is 0 Å². The summed E-state index contributed by atoms with van der Waals surface area (Å²) in [7, 11) is 0. The third-order valence-corrected chi connectivity index (χ3v) is 2.99. The molecule has 0 atom stereocenters. The number of primary amides is 1. The molecular weight excluding hydrogens is 284 g/mol. The Morgan fingerprint density at radius 3 is 1.95 bits per heavy atom. The third-order valence-electron chi connectivity index (χ3n) is 2.99. The van der Waals surface area contributed by atoms with Gasteiger partial charge in [0, 0.05) is 11.1 Å². The van der Waals surface area contributed by atoms with Crippen LogP contribution in [0, 0.1) is 10.1 Å². The molecule has 0 spiro atoms. The molecule has 1 amide bonds. The van der Waals surface area contributed by atoms with E-state index in [1.54, 1.807) is 30.3 Å². The molecule has 0 radical (unpaired) electrons. The van der Waals surface area contributed by atoms with Crippen LogP contribution in [0.5, 0.6) is 0 Å². The number of allylic oxidation sites excluding steroid dienone is 1. The molecule has 0 aliphatic heterocycles. The van der Waals surface area contributed by atoms with Crippen LogP contribution in [0.3, 0.4) is 0 Å². The summed E-state index contributed by atoms with van der Waals surface area (Å²) in [6.45, 7) is 0. The molecule has 2 aromatic carbocycles. The molecule has 0 saturated carbocycles. The van der Waals surface area contributed by atoms with Gasteiger partial charge in [-0.2, -0.15) is 0 Å². The van der Waals surface area contributed by atoms with Crippen LogP contribution in [-0.2, 0) is 0 Å². The molecule has 0 aliphatic carbocycles. The highest BCUT2D eigenvalue weighted by molar-refractivity contribution is 6.08. The molecule has 0 fully saturated rings. The number of benzene rings is 2. The number of nitrogens with zero attached hydrogens (tertiary/aromatic N) is 1. The minimum atomic E-state index is -0.607. The first-order valence-corrected chi connectivity index (χ1v) is 6.35. The van der Waals surface area contributed by atoms with Crippen molar-refractivity contribution in [3.63, 3.8) is 0 Å². The zero-order chi connectivity index (χ0) is 16.1. The number of hydrogen-bond donors (Lipinski definition) is 1. The SMILES string of the molecule is NC(=O)c1ccc(C(=O)C=C(c2ccccc2)[N+](=O)[O-])cc1. The second-order valence-corrected chi connectivity index (χ2v) is 4.46. The van der Waals surface area contributed by atoms with Gasteiger partial charge in [-0.05, 0) is 24.3 Å². The molecule has 6 heteroatoms. The largest absolute Gasteiger partial charge is 0.366 e. The summed E-state index contributed by atoms with van der Waals surface area (Å²) >= 11 is 0. The van der Waals surface area contributed by atoms with E-state index in [1.165, 1.54) is 24.3 Å². The van der Waals surface area contributed by atoms with Gasteiger partial charge in [0.15, 0.2) is 5.78 Å². The molecule has 110 valence electrons. The van der Waals surface area contributed by atoms with Crippen LogP contribution in [0.15, 0.2) is 60.7 Å². The fraction of sp³-hybridized carbons (Fsp3) is 0. The Bertz CT molecular complexity index is 749. The number of hydrogen-bond acceptors (Lipinski definition) is 4. The minimum Gasteiger partial charge on any atom is -0.366 e. The molecule has 0 aromatic heterocycles. The Kier molecular flexibility index (Phi) is 4.43. The van der Waals surface area contributed by atoms with Crippen molar-refractivity contribution in [2.24, 2.45) is 5.73 Å².